The van der Waals surface area contributed by atoms with Gasteiger partial charge in [-0.25, -0.2) is 0 Å². The molecule has 3 rings (SSSR count). The van der Waals surface area contributed by atoms with Crippen molar-refractivity contribution in [3.63, 3.8) is 0 Å². The number of rotatable bonds is 1. The molecule has 0 amide bonds. The van der Waals surface area contributed by atoms with Crippen molar-refractivity contribution in [2.45, 2.75) is 12.3 Å². The van der Waals surface area contributed by atoms with E-state index in [1.165, 1.54) is 16.3 Å². The van der Waals surface area contributed by atoms with Crippen molar-refractivity contribution < 1.29 is 4.79 Å². The van der Waals surface area contributed by atoms with Gasteiger partial charge in [-0.3, -0.25) is 0 Å². The molecule has 0 radical (unpaired) electrons. The van der Waals surface area contributed by atoms with E-state index in [4.69, 9.17) is 0 Å². The van der Waals surface area contributed by atoms with Crippen molar-refractivity contribution in [2.24, 2.45) is 0 Å². The van der Waals surface area contributed by atoms with Crippen molar-refractivity contribution in [1.82, 2.24) is 0 Å². The topological polar surface area (TPSA) is 17.1 Å². The lowest BCUT2D eigenvalue weighted by Crippen LogP contribution is -2.04. The average molecular weight is 208 g/mol. The van der Waals surface area contributed by atoms with E-state index in [-0.39, 0.29) is 5.92 Å². The monoisotopic (exact) mass is 208 g/mol. The fourth-order valence-electron chi connectivity index (χ4n) is 2.34. The fourth-order valence-corrected chi connectivity index (χ4v) is 2.34. The van der Waals surface area contributed by atoms with Crippen LogP contribution in [0.5, 0.6) is 0 Å². The predicted octanol–water partition coefficient (Wildman–Crippen LogP) is 3.54. The zero-order valence-corrected chi connectivity index (χ0v) is 8.89. The maximum absolute atomic E-state index is 11.0. The minimum Gasteiger partial charge on any atom is -0.303 e. The summed E-state index contributed by atoms with van der Waals surface area (Å²) in [6, 6.07) is 12.6. The minimum atomic E-state index is 0.0320. The Kier molecular flexibility index (Phi) is 2.10. The molecule has 1 unspecified atom stereocenters. The maximum Gasteiger partial charge on any atom is 0.127 e. The zero-order chi connectivity index (χ0) is 11.0. The molecule has 1 atom stereocenters. The van der Waals surface area contributed by atoms with E-state index >= 15 is 0 Å². The van der Waals surface area contributed by atoms with Gasteiger partial charge in [0.2, 0.25) is 0 Å². The third kappa shape index (κ3) is 1.36. The van der Waals surface area contributed by atoms with Gasteiger partial charge in [-0.1, -0.05) is 36.4 Å². The maximum atomic E-state index is 11.0. The van der Waals surface area contributed by atoms with Crippen molar-refractivity contribution >= 4 is 23.1 Å². The third-order valence-corrected chi connectivity index (χ3v) is 3.20. The molecule has 78 valence electrons. The molecule has 2 aromatic rings. The van der Waals surface area contributed by atoms with E-state index in [1.807, 2.05) is 12.1 Å². The van der Waals surface area contributed by atoms with Crippen LogP contribution in [-0.4, -0.2) is 6.29 Å². The van der Waals surface area contributed by atoms with Gasteiger partial charge in [-0.2, -0.15) is 0 Å². The number of fused-ring (bicyclic) bond motifs is 2. The molecule has 1 nitrogen and oxygen atoms in total. The van der Waals surface area contributed by atoms with Gasteiger partial charge < -0.3 is 4.79 Å². The molecule has 0 N–H and O–H groups in total. The predicted molar refractivity (Wildman–Crippen MR) is 66.4 cm³/mol. The molecule has 0 aliphatic heterocycles. The van der Waals surface area contributed by atoms with Gasteiger partial charge in [0.25, 0.3) is 0 Å². The number of aldehydes is 1. The Balaban J connectivity index is 2.30. The van der Waals surface area contributed by atoms with Gasteiger partial charge >= 0.3 is 0 Å². The molecule has 0 saturated carbocycles. The van der Waals surface area contributed by atoms with Crippen molar-refractivity contribution in [3.8, 4) is 0 Å². The van der Waals surface area contributed by atoms with Gasteiger partial charge in [0.05, 0.1) is 0 Å². The van der Waals surface area contributed by atoms with Crippen LogP contribution in [0.1, 0.15) is 23.5 Å². The molecule has 0 bridgehead atoms. The summed E-state index contributed by atoms with van der Waals surface area (Å²) < 4.78 is 0. The van der Waals surface area contributed by atoms with Crippen molar-refractivity contribution in [1.29, 1.82) is 0 Å². The summed E-state index contributed by atoms with van der Waals surface area (Å²) in [5.74, 6) is 0.0320. The number of carbonyl (C=O) groups is 1. The molecule has 0 spiro atoms. The van der Waals surface area contributed by atoms with Crippen LogP contribution in [0, 0.1) is 0 Å². The Hall–Kier alpha value is -1.89. The summed E-state index contributed by atoms with van der Waals surface area (Å²) >= 11 is 0. The molecule has 1 heteroatoms. The summed E-state index contributed by atoms with van der Waals surface area (Å²) in [5, 5.41) is 2.45. The van der Waals surface area contributed by atoms with Crippen LogP contribution in [0.15, 0.2) is 42.5 Å². The lowest BCUT2D eigenvalue weighted by atomic mass is 9.86. The van der Waals surface area contributed by atoms with Crippen LogP contribution in [0.25, 0.3) is 16.8 Å². The van der Waals surface area contributed by atoms with Crippen molar-refractivity contribution in [3.05, 3.63) is 53.6 Å². The number of hydrogen-bond donors (Lipinski definition) is 0. The molecular formula is C15H12O. The minimum absolute atomic E-state index is 0.0320. The fraction of sp³-hybridized carbons (Fsp3) is 0.133. The number of hydrogen-bond acceptors (Lipinski definition) is 1. The Morgan fingerprint density at radius 3 is 2.62 bits per heavy atom. The molecule has 0 aromatic heterocycles. The largest absolute Gasteiger partial charge is 0.303 e. The SMILES string of the molecule is O=CC1CC=Cc2cc3ccccc3cc21. The highest BCUT2D eigenvalue weighted by Gasteiger charge is 2.16. The number of carbonyl (C=O) groups excluding carboxylic acids is 1. The van der Waals surface area contributed by atoms with Crippen molar-refractivity contribution in [2.75, 3.05) is 0 Å². The smallest absolute Gasteiger partial charge is 0.127 e. The van der Waals surface area contributed by atoms with Crippen LogP contribution < -0.4 is 0 Å². The van der Waals surface area contributed by atoms with E-state index in [1.54, 1.807) is 0 Å². The highest BCUT2D eigenvalue weighted by Crippen LogP contribution is 2.31. The van der Waals surface area contributed by atoms with Gasteiger partial charge in [-0.15, -0.1) is 0 Å². The molecule has 16 heavy (non-hydrogen) atoms. The molecule has 1 aliphatic rings. The summed E-state index contributed by atoms with van der Waals surface area (Å²) in [5.41, 5.74) is 2.35. The second-order valence-corrected chi connectivity index (χ2v) is 4.21. The van der Waals surface area contributed by atoms with E-state index < -0.39 is 0 Å². The van der Waals surface area contributed by atoms with Crippen LogP contribution in [-0.2, 0) is 4.79 Å². The van der Waals surface area contributed by atoms with Crippen LogP contribution >= 0.6 is 0 Å². The highest BCUT2D eigenvalue weighted by atomic mass is 16.1. The zero-order valence-electron chi connectivity index (χ0n) is 8.89. The first-order valence-corrected chi connectivity index (χ1v) is 5.53. The van der Waals surface area contributed by atoms with Gasteiger partial charge in [0, 0.05) is 5.92 Å². The van der Waals surface area contributed by atoms with E-state index in [9.17, 15) is 4.79 Å². The molecule has 2 aromatic carbocycles. The lowest BCUT2D eigenvalue weighted by Gasteiger charge is -2.17. The average Bonchev–Trinajstić information content (AvgIpc) is 2.35. The van der Waals surface area contributed by atoms with E-state index in [0.717, 1.165) is 18.3 Å². The number of allylic oxidation sites excluding steroid dienone is 1. The standard InChI is InChI=1S/C15H12O/c16-10-14-7-3-6-13-8-11-4-1-2-5-12(11)9-15(13)14/h1-6,8-10,14H,7H2. The normalized spacial score (nSPS) is 18.4. The van der Waals surface area contributed by atoms with Crippen LogP contribution in [0.3, 0.4) is 0 Å². The summed E-state index contributed by atoms with van der Waals surface area (Å²) in [6.45, 7) is 0. The third-order valence-electron chi connectivity index (χ3n) is 3.20. The summed E-state index contributed by atoms with van der Waals surface area (Å²) in [4.78, 5) is 11.0. The Bertz CT molecular complexity index is 581. The molecule has 0 saturated heterocycles. The van der Waals surface area contributed by atoms with E-state index in [2.05, 4.69) is 36.4 Å². The first-order chi connectivity index (χ1) is 7.88. The summed E-state index contributed by atoms with van der Waals surface area (Å²) in [7, 11) is 0. The second-order valence-electron chi connectivity index (χ2n) is 4.21. The first kappa shape index (κ1) is 9.34. The summed E-state index contributed by atoms with van der Waals surface area (Å²) in [6.07, 6.45) is 6.07. The second kappa shape index (κ2) is 3.60. The molecule has 0 heterocycles. The lowest BCUT2D eigenvalue weighted by molar-refractivity contribution is -0.109. The first-order valence-electron chi connectivity index (χ1n) is 5.53. The van der Waals surface area contributed by atoms with Gasteiger partial charge in [-0.05, 0) is 40.5 Å². The Labute approximate surface area is 94.4 Å². The van der Waals surface area contributed by atoms with E-state index in [0.29, 0.717) is 0 Å². The van der Waals surface area contributed by atoms with Gasteiger partial charge in [0.1, 0.15) is 6.29 Å². The highest BCUT2D eigenvalue weighted by molar-refractivity contribution is 5.88. The van der Waals surface area contributed by atoms with Gasteiger partial charge in [0.15, 0.2) is 0 Å². The van der Waals surface area contributed by atoms with Crippen LogP contribution in [0.2, 0.25) is 0 Å². The molecular weight excluding hydrogens is 196 g/mol. The Morgan fingerprint density at radius 2 is 1.88 bits per heavy atom. The Morgan fingerprint density at radius 1 is 1.12 bits per heavy atom. The number of benzene rings is 2. The molecule has 1 aliphatic carbocycles. The molecule has 0 fully saturated rings. The quantitative estimate of drug-likeness (QED) is 0.655. The van der Waals surface area contributed by atoms with Crippen LogP contribution in [0.4, 0.5) is 0 Å².